The predicted molar refractivity (Wildman–Crippen MR) is 81.2 cm³/mol. The van der Waals surface area contributed by atoms with Gasteiger partial charge in [-0.1, -0.05) is 13.8 Å². The Bertz CT molecular complexity index is 696. The molecule has 9 heteroatoms. The van der Waals surface area contributed by atoms with Gasteiger partial charge in [0.25, 0.3) is 0 Å². The van der Waals surface area contributed by atoms with Crippen LogP contribution in [0.25, 0.3) is 0 Å². The zero-order valence-corrected chi connectivity index (χ0v) is 13.8. The molecule has 1 aromatic rings. The molecule has 3 N–H and O–H groups in total. The number of ether oxygens (including phenoxy) is 1. The molecule has 0 radical (unpaired) electrons. The number of methoxy groups -OCH3 is 1. The number of benzene rings is 1. The first-order chi connectivity index (χ1) is 9.55. The summed E-state index contributed by atoms with van der Waals surface area (Å²) in [5.41, 5.74) is 0.0489. The van der Waals surface area contributed by atoms with Gasteiger partial charge in [-0.05, 0) is 30.5 Å². The fourth-order valence-electron chi connectivity index (χ4n) is 1.55. The van der Waals surface area contributed by atoms with Crippen molar-refractivity contribution in [3.8, 4) is 5.75 Å². The Morgan fingerprint density at radius 3 is 2.33 bits per heavy atom. The molecule has 0 saturated carbocycles. The van der Waals surface area contributed by atoms with E-state index in [2.05, 4.69) is 4.72 Å². The van der Waals surface area contributed by atoms with Crippen molar-refractivity contribution in [1.29, 1.82) is 0 Å². The van der Waals surface area contributed by atoms with E-state index in [1.54, 1.807) is 0 Å². The number of anilines is 1. The number of nitrogens with two attached hydrogens (primary N) is 1. The Kier molecular flexibility index (Phi) is 5.60. The summed E-state index contributed by atoms with van der Waals surface area (Å²) in [6.07, 6.45) is 0.493. The lowest BCUT2D eigenvalue weighted by Crippen LogP contribution is -2.19. The zero-order valence-electron chi connectivity index (χ0n) is 12.2. The van der Waals surface area contributed by atoms with Crippen LogP contribution in [-0.2, 0) is 20.0 Å². The fraction of sp³-hybridized carbons (Fsp3) is 0.500. The van der Waals surface area contributed by atoms with Gasteiger partial charge in [0.1, 0.15) is 5.75 Å². The van der Waals surface area contributed by atoms with Crippen molar-refractivity contribution in [2.45, 2.75) is 25.2 Å². The molecule has 0 spiro atoms. The van der Waals surface area contributed by atoms with Crippen LogP contribution in [0.5, 0.6) is 5.75 Å². The van der Waals surface area contributed by atoms with Crippen LogP contribution in [0.3, 0.4) is 0 Å². The third-order valence-electron chi connectivity index (χ3n) is 2.73. The van der Waals surface area contributed by atoms with Crippen LogP contribution < -0.4 is 14.6 Å². The van der Waals surface area contributed by atoms with Crippen molar-refractivity contribution in [3.05, 3.63) is 18.2 Å². The van der Waals surface area contributed by atoms with E-state index in [4.69, 9.17) is 9.88 Å². The number of primary sulfonamides is 1. The molecule has 7 nitrogen and oxygen atoms in total. The molecule has 0 aliphatic rings. The minimum absolute atomic E-state index is 0.0489. The van der Waals surface area contributed by atoms with E-state index in [0.29, 0.717) is 6.42 Å². The molecule has 0 aliphatic carbocycles. The summed E-state index contributed by atoms with van der Waals surface area (Å²) in [7, 11) is -6.15. The fourth-order valence-corrected chi connectivity index (χ4v) is 3.47. The highest BCUT2D eigenvalue weighted by Crippen LogP contribution is 2.28. The maximum absolute atomic E-state index is 12.0. The summed E-state index contributed by atoms with van der Waals surface area (Å²) in [6, 6.07) is 3.74. The number of sulfonamides is 2. The van der Waals surface area contributed by atoms with Gasteiger partial charge in [-0.15, -0.1) is 0 Å². The first-order valence-electron chi connectivity index (χ1n) is 6.26. The Balaban J connectivity index is 3.11. The highest BCUT2D eigenvalue weighted by molar-refractivity contribution is 7.92. The van der Waals surface area contributed by atoms with Gasteiger partial charge in [-0.3, -0.25) is 4.72 Å². The van der Waals surface area contributed by atoms with Crippen molar-refractivity contribution in [2.24, 2.45) is 11.1 Å². The third-order valence-corrected chi connectivity index (χ3v) is 4.94. The molecular weight excluding hydrogens is 316 g/mol. The molecule has 0 aromatic heterocycles. The van der Waals surface area contributed by atoms with E-state index in [1.165, 1.54) is 19.2 Å². The molecule has 0 aliphatic heterocycles. The summed E-state index contributed by atoms with van der Waals surface area (Å²) in [4.78, 5) is -0.190. The Morgan fingerprint density at radius 2 is 1.86 bits per heavy atom. The molecule has 0 saturated heterocycles. The molecule has 1 rings (SSSR count). The molecule has 21 heavy (non-hydrogen) atoms. The van der Waals surface area contributed by atoms with Crippen LogP contribution in [-0.4, -0.2) is 29.7 Å². The number of nitrogens with one attached hydrogen (secondary N) is 1. The van der Waals surface area contributed by atoms with E-state index in [0.717, 1.165) is 6.07 Å². The highest BCUT2D eigenvalue weighted by Gasteiger charge is 2.17. The smallest absolute Gasteiger partial charge is 0.238 e. The molecular formula is C12H20N2O5S2. The lowest BCUT2D eigenvalue weighted by atomic mass is 10.2. The van der Waals surface area contributed by atoms with Gasteiger partial charge in [0.15, 0.2) is 0 Å². The molecule has 0 unspecified atom stereocenters. The van der Waals surface area contributed by atoms with Crippen LogP contribution in [0.2, 0.25) is 0 Å². The minimum atomic E-state index is -3.92. The van der Waals surface area contributed by atoms with Crippen molar-refractivity contribution in [3.63, 3.8) is 0 Å². The molecule has 0 atom stereocenters. The second kappa shape index (κ2) is 6.63. The maximum Gasteiger partial charge on any atom is 0.238 e. The molecule has 1 aromatic carbocycles. The molecule has 0 heterocycles. The first kappa shape index (κ1) is 17.7. The standard InChI is InChI=1S/C12H20N2O5S2/c1-9(2)6-7-20(15,16)14-11-8-10(21(13,17)18)4-5-12(11)19-3/h4-5,8-9,14H,6-7H2,1-3H3,(H2,13,17,18). The van der Waals surface area contributed by atoms with Gasteiger partial charge in [0, 0.05) is 0 Å². The van der Waals surface area contributed by atoms with Gasteiger partial charge in [0.2, 0.25) is 20.0 Å². The summed E-state index contributed by atoms with van der Waals surface area (Å²) in [5, 5.41) is 5.03. The molecule has 0 fully saturated rings. The molecule has 120 valence electrons. The van der Waals surface area contributed by atoms with E-state index < -0.39 is 20.0 Å². The van der Waals surface area contributed by atoms with Crippen molar-refractivity contribution in [2.75, 3.05) is 17.6 Å². The summed E-state index contributed by atoms with van der Waals surface area (Å²) in [6.45, 7) is 3.83. The lowest BCUT2D eigenvalue weighted by Gasteiger charge is -2.13. The number of hydrogen-bond acceptors (Lipinski definition) is 5. The Morgan fingerprint density at radius 1 is 1.24 bits per heavy atom. The second-order valence-electron chi connectivity index (χ2n) is 5.01. The average Bonchev–Trinajstić information content (AvgIpc) is 2.35. The third kappa shape index (κ3) is 5.52. The van der Waals surface area contributed by atoms with Crippen molar-refractivity contribution >= 4 is 25.7 Å². The zero-order chi connectivity index (χ0) is 16.3. The second-order valence-corrected chi connectivity index (χ2v) is 8.41. The van der Waals surface area contributed by atoms with Crippen LogP contribution >= 0.6 is 0 Å². The van der Waals surface area contributed by atoms with Gasteiger partial charge in [-0.25, -0.2) is 22.0 Å². The van der Waals surface area contributed by atoms with E-state index >= 15 is 0 Å². The molecule has 0 bridgehead atoms. The van der Waals surface area contributed by atoms with Crippen LogP contribution in [0.15, 0.2) is 23.1 Å². The summed E-state index contributed by atoms with van der Waals surface area (Å²) in [5.74, 6) is 0.391. The van der Waals surface area contributed by atoms with Crippen molar-refractivity contribution < 1.29 is 21.6 Å². The van der Waals surface area contributed by atoms with E-state index in [-0.39, 0.29) is 28.0 Å². The van der Waals surface area contributed by atoms with Crippen LogP contribution in [0.1, 0.15) is 20.3 Å². The maximum atomic E-state index is 12.0. The van der Waals surface area contributed by atoms with Gasteiger partial charge in [0.05, 0.1) is 23.4 Å². The largest absolute Gasteiger partial charge is 0.495 e. The monoisotopic (exact) mass is 336 g/mol. The van der Waals surface area contributed by atoms with E-state index in [1.807, 2.05) is 13.8 Å². The van der Waals surface area contributed by atoms with Crippen LogP contribution in [0, 0.1) is 5.92 Å². The van der Waals surface area contributed by atoms with Crippen LogP contribution in [0.4, 0.5) is 5.69 Å². The topological polar surface area (TPSA) is 116 Å². The van der Waals surface area contributed by atoms with Gasteiger partial charge >= 0.3 is 0 Å². The van der Waals surface area contributed by atoms with Crippen molar-refractivity contribution in [1.82, 2.24) is 0 Å². The molecule has 0 amide bonds. The summed E-state index contributed by atoms with van der Waals surface area (Å²) >= 11 is 0. The normalized spacial score (nSPS) is 12.4. The van der Waals surface area contributed by atoms with E-state index in [9.17, 15) is 16.8 Å². The number of rotatable bonds is 7. The number of hydrogen-bond donors (Lipinski definition) is 2. The quantitative estimate of drug-likeness (QED) is 0.774. The Labute approximate surface area is 125 Å². The first-order valence-corrected chi connectivity index (χ1v) is 9.46. The highest BCUT2D eigenvalue weighted by atomic mass is 32.2. The lowest BCUT2D eigenvalue weighted by molar-refractivity contribution is 0.416. The minimum Gasteiger partial charge on any atom is -0.495 e. The van der Waals surface area contributed by atoms with Gasteiger partial charge < -0.3 is 4.74 Å². The summed E-state index contributed by atoms with van der Waals surface area (Å²) < 4.78 is 54.0. The predicted octanol–water partition coefficient (Wildman–Crippen LogP) is 1.13. The Hall–Kier alpha value is -1.32. The average molecular weight is 336 g/mol. The van der Waals surface area contributed by atoms with Gasteiger partial charge in [-0.2, -0.15) is 0 Å². The SMILES string of the molecule is COc1ccc(S(N)(=O)=O)cc1NS(=O)(=O)CCC(C)C.